The molecule has 1 saturated heterocycles. The van der Waals surface area contributed by atoms with Crippen LogP contribution in [0.4, 0.5) is 0 Å². The second-order valence-electron chi connectivity index (χ2n) is 6.45. The molecule has 1 aromatic carbocycles. The lowest BCUT2D eigenvalue weighted by atomic mass is 10.0. The first-order valence-corrected chi connectivity index (χ1v) is 8.60. The van der Waals surface area contributed by atoms with Gasteiger partial charge in [0, 0.05) is 32.1 Å². The topological polar surface area (TPSA) is 49.9 Å². The molecule has 0 atom stereocenters. The normalized spacial score (nSPS) is 14.9. The zero-order valence-electron chi connectivity index (χ0n) is 14.8. The van der Waals surface area contributed by atoms with Crippen molar-refractivity contribution in [2.24, 2.45) is 5.92 Å². The minimum Gasteiger partial charge on any atom is -0.495 e. The van der Waals surface area contributed by atoms with Crippen molar-refractivity contribution in [3.8, 4) is 5.75 Å². The molecule has 2 amide bonds. The maximum Gasteiger partial charge on any atom is 0.227 e. The van der Waals surface area contributed by atoms with Crippen LogP contribution in [0.15, 0.2) is 12.1 Å². The zero-order valence-corrected chi connectivity index (χ0v) is 15.5. The van der Waals surface area contributed by atoms with Gasteiger partial charge in [-0.25, -0.2) is 0 Å². The Labute approximate surface area is 148 Å². The summed E-state index contributed by atoms with van der Waals surface area (Å²) in [7, 11) is 1.57. The molecule has 0 unspecified atom stereocenters. The molecule has 0 radical (unpaired) electrons. The first-order chi connectivity index (χ1) is 11.3. The minimum atomic E-state index is -0.00339. The van der Waals surface area contributed by atoms with E-state index < -0.39 is 0 Å². The molecular formula is C18H25ClN2O3. The van der Waals surface area contributed by atoms with Crippen molar-refractivity contribution in [3.05, 3.63) is 28.3 Å². The van der Waals surface area contributed by atoms with Crippen molar-refractivity contribution in [1.82, 2.24) is 9.80 Å². The molecule has 1 aliphatic heterocycles. The molecule has 1 fully saturated rings. The van der Waals surface area contributed by atoms with Gasteiger partial charge in [-0.1, -0.05) is 25.4 Å². The fourth-order valence-corrected chi connectivity index (χ4v) is 3.12. The summed E-state index contributed by atoms with van der Waals surface area (Å²) in [5, 5.41) is 0.512. The highest BCUT2D eigenvalue weighted by Crippen LogP contribution is 2.28. The molecule has 1 aliphatic rings. The Morgan fingerprint density at radius 3 is 2.29 bits per heavy atom. The monoisotopic (exact) mass is 352 g/mol. The van der Waals surface area contributed by atoms with Gasteiger partial charge >= 0.3 is 0 Å². The third-order valence-electron chi connectivity index (χ3n) is 4.39. The summed E-state index contributed by atoms with van der Waals surface area (Å²) in [6.07, 6.45) is 0.313. The number of ether oxygens (including phenoxy) is 1. The number of aryl methyl sites for hydroxylation is 1. The van der Waals surface area contributed by atoms with E-state index in [1.165, 1.54) is 0 Å². The second-order valence-corrected chi connectivity index (χ2v) is 6.86. The molecule has 0 aromatic heterocycles. The Balaban J connectivity index is 1.97. The number of hydrogen-bond donors (Lipinski definition) is 0. The van der Waals surface area contributed by atoms with Crippen LogP contribution in [0.3, 0.4) is 0 Å². The Bertz CT molecular complexity index is 623. The van der Waals surface area contributed by atoms with E-state index in [0.29, 0.717) is 43.4 Å². The number of amides is 2. The summed E-state index contributed by atoms with van der Waals surface area (Å²) in [6, 6.07) is 3.65. The third kappa shape index (κ3) is 4.20. The van der Waals surface area contributed by atoms with Crippen molar-refractivity contribution < 1.29 is 14.3 Å². The number of carbonyl (C=O) groups is 2. The van der Waals surface area contributed by atoms with Crippen molar-refractivity contribution in [1.29, 1.82) is 0 Å². The summed E-state index contributed by atoms with van der Waals surface area (Å²) in [5.74, 6) is 0.832. The number of nitrogens with zero attached hydrogens (tertiary/aromatic N) is 2. The number of methoxy groups -OCH3 is 1. The zero-order chi connectivity index (χ0) is 17.9. The fourth-order valence-electron chi connectivity index (χ4n) is 2.86. The number of piperazine rings is 1. The lowest BCUT2D eigenvalue weighted by molar-refractivity contribution is -0.141. The van der Waals surface area contributed by atoms with Crippen LogP contribution in [-0.4, -0.2) is 54.9 Å². The molecule has 2 rings (SSSR count). The molecular weight excluding hydrogens is 328 g/mol. The predicted octanol–water partition coefficient (Wildman–Crippen LogP) is 2.53. The number of rotatable bonds is 4. The molecule has 0 N–H and O–H groups in total. The highest BCUT2D eigenvalue weighted by Gasteiger charge is 2.25. The number of hydrogen-bond acceptors (Lipinski definition) is 3. The van der Waals surface area contributed by atoms with E-state index in [9.17, 15) is 9.59 Å². The van der Waals surface area contributed by atoms with E-state index in [4.69, 9.17) is 16.3 Å². The van der Waals surface area contributed by atoms with Crippen LogP contribution in [0.1, 0.15) is 25.0 Å². The van der Waals surface area contributed by atoms with Crippen LogP contribution in [0.25, 0.3) is 0 Å². The highest BCUT2D eigenvalue weighted by molar-refractivity contribution is 6.32. The third-order valence-corrected chi connectivity index (χ3v) is 4.69. The maximum absolute atomic E-state index is 12.5. The van der Waals surface area contributed by atoms with Crippen LogP contribution in [-0.2, 0) is 16.0 Å². The number of carbonyl (C=O) groups excluding carboxylic acids is 2. The molecule has 0 spiro atoms. The predicted molar refractivity (Wildman–Crippen MR) is 94.4 cm³/mol. The van der Waals surface area contributed by atoms with E-state index in [1.807, 2.05) is 36.6 Å². The summed E-state index contributed by atoms with van der Waals surface area (Å²) in [6.45, 7) is 8.11. The number of benzene rings is 1. The minimum absolute atomic E-state index is 0.00339. The van der Waals surface area contributed by atoms with E-state index in [1.54, 1.807) is 13.2 Å². The van der Waals surface area contributed by atoms with Crippen molar-refractivity contribution >= 4 is 23.4 Å². The number of halogens is 1. The van der Waals surface area contributed by atoms with Crippen molar-refractivity contribution in [3.63, 3.8) is 0 Å². The molecule has 5 nitrogen and oxygen atoms in total. The second kappa shape index (κ2) is 7.88. The van der Waals surface area contributed by atoms with Crippen molar-refractivity contribution in [2.45, 2.75) is 27.2 Å². The van der Waals surface area contributed by atoms with Gasteiger partial charge in [0.15, 0.2) is 0 Å². The Kier molecular flexibility index (Phi) is 6.10. The summed E-state index contributed by atoms with van der Waals surface area (Å²) >= 11 is 6.16. The average Bonchev–Trinajstić information content (AvgIpc) is 2.57. The standard InChI is InChI=1S/C18H25ClN2O3/c1-12(2)18(23)21-7-5-20(6-8-21)17(22)11-14-10-15(19)16(24-4)9-13(14)3/h9-10,12H,5-8,11H2,1-4H3. The Morgan fingerprint density at radius 1 is 1.17 bits per heavy atom. The van der Waals surface area contributed by atoms with Gasteiger partial charge in [-0.3, -0.25) is 9.59 Å². The summed E-state index contributed by atoms with van der Waals surface area (Å²) in [4.78, 5) is 28.2. The first kappa shape index (κ1) is 18.6. The van der Waals surface area contributed by atoms with E-state index in [-0.39, 0.29) is 17.7 Å². The first-order valence-electron chi connectivity index (χ1n) is 8.23. The largest absolute Gasteiger partial charge is 0.495 e. The lowest BCUT2D eigenvalue weighted by Gasteiger charge is -2.35. The van der Waals surface area contributed by atoms with Gasteiger partial charge in [0.05, 0.1) is 18.6 Å². The average molecular weight is 353 g/mol. The molecule has 0 bridgehead atoms. The van der Waals surface area contributed by atoms with Gasteiger partial charge in [0.2, 0.25) is 11.8 Å². The molecule has 6 heteroatoms. The molecule has 0 saturated carbocycles. The van der Waals surface area contributed by atoms with Crippen LogP contribution < -0.4 is 4.74 Å². The Morgan fingerprint density at radius 2 is 1.75 bits per heavy atom. The molecule has 0 aliphatic carbocycles. The Hall–Kier alpha value is -1.75. The molecule has 132 valence electrons. The quantitative estimate of drug-likeness (QED) is 0.836. The van der Waals surface area contributed by atoms with Crippen LogP contribution in [0, 0.1) is 12.8 Å². The lowest BCUT2D eigenvalue weighted by Crippen LogP contribution is -2.51. The van der Waals surface area contributed by atoms with Crippen LogP contribution in [0.5, 0.6) is 5.75 Å². The maximum atomic E-state index is 12.5. The van der Waals surface area contributed by atoms with Gasteiger partial charge in [-0.05, 0) is 30.2 Å². The van der Waals surface area contributed by atoms with Crippen LogP contribution >= 0.6 is 11.6 Å². The van der Waals surface area contributed by atoms with Crippen molar-refractivity contribution in [2.75, 3.05) is 33.3 Å². The molecule has 24 heavy (non-hydrogen) atoms. The molecule has 1 heterocycles. The summed E-state index contributed by atoms with van der Waals surface area (Å²) in [5.41, 5.74) is 1.89. The van der Waals surface area contributed by atoms with E-state index in [0.717, 1.165) is 11.1 Å². The fraction of sp³-hybridized carbons (Fsp3) is 0.556. The van der Waals surface area contributed by atoms with Gasteiger partial charge in [0.25, 0.3) is 0 Å². The van der Waals surface area contributed by atoms with Gasteiger partial charge in [-0.15, -0.1) is 0 Å². The van der Waals surface area contributed by atoms with E-state index >= 15 is 0 Å². The smallest absolute Gasteiger partial charge is 0.227 e. The summed E-state index contributed by atoms with van der Waals surface area (Å²) < 4.78 is 5.19. The van der Waals surface area contributed by atoms with Gasteiger partial charge < -0.3 is 14.5 Å². The van der Waals surface area contributed by atoms with Gasteiger partial charge in [-0.2, -0.15) is 0 Å². The highest BCUT2D eigenvalue weighted by atomic mass is 35.5. The van der Waals surface area contributed by atoms with Crippen LogP contribution in [0.2, 0.25) is 5.02 Å². The van der Waals surface area contributed by atoms with Gasteiger partial charge in [0.1, 0.15) is 5.75 Å². The SMILES string of the molecule is COc1cc(C)c(CC(=O)N2CCN(C(=O)C(C)C)CC2)cc1Cl. The molecule has 1 aromatic rings. The van der Waals surface area contributed by atoms with E-state index in [2.05, 4.69) is 0 Å².